The van der Waals surface area contributed by atoms with Crippen LogP contribution in [0.4, 0.5) is 0 Å². The van der Waals surface area contributed by atoms with E-state index >= 15 is 0 Å². The first-order valence-electron chi connectivity index (χ1n) is 8.45. The molecule has 1 atom stereocenters. The number of nitrogens with zero attached hydrogens (tertiary/aromatic N) is 1. The highest BCUT2D eigenvalue weighted by atomic mass is 16.2. The fourth-order valence-corrected chi connectivity index (χ4v) is 2.99. The van der Waals surface area contributed by atoms with Crippen LogP contribution in [0.3, 0.4) is 0 Å². The first-order valence-corrected chi connectivity index (χ1v) is 8.45. The van der Waals surface area contributed by atoms with Gasteiger partial charge in [-0.05, 0) is 41.2 Å². The molecule has 1 amide bonds. The second kappa shape index (κ2) is 6.52. The van der Waals surface area contributed by atoms with Crippen LogP contribution in [0.15, 0.2) is 48.5 Å². The molecule has 0 fully saturated rings. The summed E-state index contributed by atoms with van der Waals surface area (Å²) in [5.74, 6) is 0.475. The molecule has 1 heterocycles. The Balaban J connectivity index is 0.00000225. The zero-order valence-electron chi connectivity index (χ0n) is 14.8. The average molecular weight is 322 g/mol. The number of aromatic nitrogens is 1. The van der Waals surface area contributed by atoms with Crippen molar-refractivity contribution in [3.63, 3.8) is 0 Å². The third-order valence-corrected chi connectivity index (χ3v) is 4.66. The first kappa shape index (κ1) is 16.3. The largest absolute Gasteiger partial charge is 0.350 e. The van der Waals surface area contributed by atoms with Gasteiger partial charge in [0.1, 0.15) is 5.69 Å². The predicted octanol–water partition coefficient (Wildman–Crippen LogP) is 5.30. The Morgan fingerprint density at radius 2 is 1.88 bits per heavy atom. The quantitative estimate of drug-likeness (QED) is 0.695. The van der Waals surface area contributed by atoms with Crippen molar-refractivity contribution >= 4 is 16.8 Å². The van der Waals surface area contributed by atoms with Crippen LogP contribution in [0.25, 0.3) is 22.0 Å². The Labute approximate surface area is 144 Å². The van der Waals surface area contributed by atoms with E-state index in [1.165, 1.54) is 16.7 Å². The standard InChI is InChI=1S/C21H24N2O.H2/c1-5-14(2)16-11-17(15-9-7-6-8-10-15)18-13-20(21(24)23(3)4)22-19(18)12-16;/h6-14,22H,5H2,1-4H3;1H. The maximum atomic E-state index is 12.3. The van der Waals surface area contributed by atoms with Gasteiger partial charge in [0.2, 0.25) is 0 Å². The van der Waals surface area contributed by atoms with Gasteiger partial charge in [0.15, 0.2) is 0 Å². The summed E-state index contributed by atoms with van der Waals surface area (Å²) in [6, 6.07) is 16.8. The fourth-order valence-electron chi connectivity index (χ4n) is 2.99. The van der Waals surface area contributed by atoms with Gasteiger partial charge in [-0.1, -0.05) is 50.2 Å². The van der Waals surface area contributed by atoms with Gasteiger partial charge in [0.05, 0.1) is 0 Å². The zero-order valence-corrected chi connectivity index (χ0v) is 14.8. The molecule has 126 valence electrons. The van der Waals surface area contributed by atoms with Crippen molar-refractivity contribution in [2.24, 2.45) is 0 Å². The van der Waals surface area contributed by atoms with Crippen LogP contribution in [-0.4, -0.2) is 29.9 Å². The lowest BCUT2D eigenvalue weighted by atomic mass is 9.92. The van der Waals surface area contributed by atoms with Gasteiger partial charge in [-0.25, -0.2) is 0 Å². The third-order valence-electron chi connectivity index (χ3n) is 4.66. The molecule has 3 aromatic rings. The monoisotopic (exact) mass is 322 g/mol. The molecule has 0 spiro atoms. The molecule has 3 heteroatoms. The highest BCUT2D eigenvalue weighted by molar-refractivity contribution is 6.03. The van der Waals surface area contributed by atoms with Crippen molar-refractivity contribution < 1.29 is 6.22 Å². The fraction of sp³-hybridized carbons (Fsp3) is 0.286. The van der Waals surface area contributed by atoms with Gasteiger partial charge >= 0.3 is 0 Å². The third kappa shape index (κ3) is 2.94. The van der Waals surface area contributed by atoms with Gasteiger partial charge in [0.25, 0.3) is 5.91 Å². The molecule has 24 heavy (non-hydrogen) atoms. The number of rotatable bonds is 4. The summed E-state index contributed by atoms with van der Waals surface area (Å²) in [5.41, 5.74) is 5.31. The summed E-state index contributed by atoms with van der Waals surface area (Å²) in [4.78, 5) is 17.2. The number of carbonyl (C=O) groups is 1. The molecule has 0 saturated carbocycles. The topological polar surface area (TPSA) is 36.1 Å². The zero-order chi connectivity index (χ0) is 17.3. The van der Waals surface area contributed by atoms with Crippen molar-refractivity contribution in [1.29, 1.82) is 0 Å². The summed E-state index contributed by atoms with van der Waals surface area (Å²) in [6.45, 7) is 4.44. The normalized spacial score (nSPS) is 12.3. The number of hydrogen-bond acceptors (Lipinski definition) is 1. The van der Waals surface area contributed by atoms with Crippen molar-refractivity contribution in [2.75, 3.05) is 14.1 Å². The van der Waals surface area contributed by atoms with E-state index in [2.05, 4.69) is 55.2 Å². The summed E-state index contributed by atoms with van der Waals surface area (Å²) in [7, 11) is 3.55. The molecule has 1 unspecified atom stereocenters. The minimum absolute atomic E-state index is 0. The molecule has 1 N–H and O–H groups in total. The van der Waals surface area contributed by atoms with Crippen LogP contribution in [0.5, 0.6) is 0 Å². The van der Waals surface area contributed by atoms with Crippen molar-refractivity contribution in [2.45, 2.75) is 26.2 Å². The maximum Gasteiger partial charge on any atom is 0.269 e. The molecule has 0 saturated heterocycles. The molecule has 3 nitrogen and oxygen atoms in total. The minimum atomic E-state index is -0.00435. The van der Waals surface area contributed by atoms with Crippen LogP contribution < -0.4 is 0 Å². The number of H-pyrrole nitrogens is 1. The molecular formula is C21H26N2O. The van der Waals surface area contributed by atoms with Gasteiger partial charge in [0, 0.05) is 26.4 Å². The average Bonchev–Trinajstić information content (AvgIpc) is 3.04. The van der Waals surface area contributed by atoms with E-state index < -0.39 is 0 Å². The lowest BCUT2D eigenvalue weighted by Crippen LogP contribution is -2.21. The number of benzene rings is 2. The molecule has 1 aromatic heterocycles. The van der Waals surface area contributed by atoms with Crippen LogP contribution >= 0.6 is 0 Å². The number of carbonyl (C=O) groups excluding carboxylic acids is 1. The maximum absolute atomic E-state index is 12.3. The lowest BCUT2D eigenvalue weighted by Gasteiger charge is -2.12. The smallest absolute Gasteiger partial charge is 0.269 e. The Morgan fingerprint density at radius 1 is 1.17 bits per heavy atom. The molecule has 0 aliphatic heterocycles. The summed E-state index contributed by atoms with van der Waals surface area (Å²) in [5, 5.41) is 1.10. The Kier molecular flexibility index (Phi) is 4.43. The summed E-state index contributed by atoms with van der Waals surface area (Å²) in [6.07, 6.45) is 1.09. The first-order chi connectivity index (χ1) is 11.5. The van der Waals surface area contributed by atoms with E-state index in [1.807, 2.05) is 12.1 Å². The summed E-state index contributed by atoms with van der Waals surface area (Å²) >= 11 is 0. The Morgan fingerprint density at radius 3 is 2.50 bits per heavy atom. The van der Waals surface area contributed by atoms with Gasteiger partial charge in [-0.2, -0.15) is 0 Å². The number of hydrogen-bond donors (Lipinski definition) is 1. The van der Waals surface area contributed by atoms with Gasteiger partial charge in [-0.15, -0.1) is 0 Å². The minimum Gasteiger partial charge on any atom is -0.350 e. The van der Waals surface area contributed by atoms with Crippen molar-refractivity contribution in [3.05, 3.63) is 59.8 Å². The SMILES string of the molecule is CCC(C)c1cc(-c2ccccc2)c2cc(C(=O)N(C)C)[nH]c2c1.[HH]. The van der Waals surface area contributed by atoms with E-state index in [1.54, 1.807) is 19.0 Å². The van der Waals surface area contributed by atoms with Crippen molar-refractivity contribution in [3.8, 4) is 11.1 Å². The van der Waals surface area contributed by atoms with E-state index in [-0.39, 0.29) is 7.33 Å². The van der Waals surface area contributed by atoms with E-state index in [9.17, 15) is 4.79 Å². The molecule has 2 aromatic carbocycles. The predicted molar refractivity (Wildman–Crippen MR) is 103 cm³/mol. The number of nitrogens with one attached hydrogen (secondary N) is 1. The second-order valence-corrected chi connectivity index (χ2v) is 6.59. The summed E-state index contributed by atoms with van der Waals surface area (Å²) < 4.78 is 0. The highest BCUT2D eigenvalue weighted by Crippen LogP contribution is 2.34. The van der Waals surface area contributed by atoms with Gasteiger partial charge < -0.3 is 9.88 Å². The van der Waals surface area contributed by atoms with E-state index in [0.717, 1.165) is 17.3 Å². The molecule has 0 aliphatic rings. The van der Waals surface area contributed by atoms with Crippen LogP contribution in [-0.2, 0) is 0 Å². The Bertz CT molecular complexity index is 868. The molecule has 0 radical (unpaired) electrons. The Hall–Kier alpha value is -2.55. The number of fused-ring (bicyclic) bond motifs is 1. The molecule has 3 rings (SSSR count). The molecule has 0 bridgehead atoms. The lowest BCUT2D eigenvalue weighted by molar-refractivity contribution is 0.0823. The van der Waals surface area contributed by atoms with Crippen LogP contribution in [0.1, 0.15) is 43.7 Å². The second-order valence-electron chi connectivity index (χ2n) is 6.59. The number of aromatic amines is 1. The van der Waals surface area contributed by atoms with Crippen molar-refractivity contribution in [1.82, 2.24) is 9.88 Å². The van der Waals surface area contributed by atoms with Crippen LogP contribution in [0, 0.1) is 0 Å². The van der Waals surface area contributed by atoms with Gasteiger partial charge in [-0.3, -0.25) is 4.79 Å². The number of amides is 1. The highest BCUT2D eigenvalue weighted by Gasteiger charge is 2.16. The van der Waals surface area contributed by atoms with E-state index in [0.29, 0.717) is 11.6 Å². The molecular weight excluding hydrogens is 296 g/mol. The van der Waals surface area contributed by atoms with Crippen LogP contribution in [0.2, 0.25) is 0 Å². The molecule has 0 aliphatic carbocycles. The van der Waals surface area contributed by atoms with E-state index in [4.69, 9.17) is 0 Å².